The third kappa shape index (κ3) is 4.78. The minimum Gasteiger partial charge on any atom is -0.308 e. The zero-order valence-corrected chi connectivity index (χ0v) is 19.1. The number of hydrogen-bond acceptors (Lipinski definition) is 5. The molecule has 0 heterocycles. The van der Waals surface area contributed by atoms with E-state index < -0.39 is 23.4 Å². The van der Waals surface area contributed by atoms with Gasteiger partial charge in [-0.15, -0.1) is 0 Å². The predicted octanol–water partition coefficient (Wildman–Crippen LogP) is 5.74. The van der Waals surface area contributed by atoms with Crippen molar-refractivity contribution in [1.82, 2.24) is 4.72 Å². The second kappa shape index (κ2) is 9.60. The molecule has 0 fully saturated rings. The Morgan fingerprint density at radius 3 is 2.13 bits per heavy atom. The molecule has 0 radical (unpaired) electrons. The first-order valence-corrected chi connectivity index (χ1v) is 12.9. The molecule has 0 saturated carbocycles. The van der Waals surface area contributed by atoms with Crippen LogP contribution in [-0.2, 0) is 23.6 Å². The van der Waals surface area contributed by atoms with Crippen molar-refractivity contribution in [2.45, 2.75) is 24.5 Å². The molecule has 0 spiro atoms. The Bertz CT molecular complexity index is 1160. The lowest BCUT2D eigenvalue weighted by molar-refractivity contribution is 0.210. The highest BCUT2D eigenvalue weighted by atomic mass is 35.5. The molecular formula is C21H23ClNO5PS. The predicted molar refractivity (Wildman–Crippen MR) is 119 cm³/mol. The first kappa shape index (κ1) is 22.9. The summed E-state index contributed by atoms with van der Waals surface area (Å²) in [6.07, 6.45) is 0. The van der Waals surface area contributed by atoms with E-state index in [1.165, 1.54) is 6.07 Å². The molecule has 6 nitrogen and oxygen atoms in total. The van der Waals surface area contributed by atoms with E-state index in [1.807, 2.05) is 0 Å². The van der Waals surface area contributed by atoms with E-state index in [1.54, 1.807) is 74.5 Å². The molecule has 30 heavy (non-hydrogen) atoms. The molecular weight excluding hydrogens is 445 g/mol. The van der Waals surface area contributed by atoms with E-state index in [0.29, 0.717) is 21.4 Å². The Kier molecular flexibility index (Phi) is 7.34. The standard InChI is InChI=1S/C21H23ClNO5PS/c1-3-27-29(24,28-4-2)21(17-10-6-5-7-11-17)23-30(25,26)19-15-9-13-16-12-8-14-18(22)20(16)19/h5-15,21,23H,3-4H2,1-2H3. The number of rotatable bonds is 9. The lowest BCUT2D eigenvalue weighted by Gasteiger charge is -2.27. The van der Waals surface area contributed by atoms with Crippen LogP contribution in [0.4, 0.5) is 0 Å². The summed E-state index contributed by atoms with van der Waals surface area (Å²) < 4.78 is 53.9. The smallest absolute Gasteiger partial charge is 0.308 e. The summed E-state index contributed by atoms with van der Waals surface area (Å²) in [5.74, 6) is -1.22. The van der Waals surface area contributed by atoms with Crippen molar-refractivity contribution in [3.63, 3.8) is 0 Å². The van der Waals surface area contributed by atoms with Crippen LogP contribution < -0.4 is 4.72 Å². The Labute approximate surface area is 181 Å². The van der Waals surface area contributed by atoms with Crippen molar-refractivity contribution in [2.24, 2.45) is 0 Å². The molecule has 160 valence electrons. The maximum Gasteiger partial charge on any atom is 0.352 e. The number of halogens is 1. The molecule has 0 aliphatic carbocycles. The number of fused-ring (bicyclic) bond motifs is 1. The minimum atomic E-state index is -4.14. The van der Waals surface area contributed by atoms with E-state index in [-0.39, 0.29) is 18.1 Å². The number of hydrogen-bond donors (Lipinski definition) is 1. The van der Waals surface area contributed by atoms with Gasteiger partial charge in [-0.05, 0) is 36.9 Å². The van der Waals surface area contributed by atoms with Crippen LogP contribution in [0.5, 0.6) is 0 Å². The SMILES string of the molecule is CCOP(=O)(OCC)C(NS(=O)(=O)c1cccc2cccc(Cl)c12)c1ccccc1. The van der Waals surface area contributed by atoms with Crippen molar-refractivity contribution in [3.8, 4) is 0 Å². The molecule has 3 rings (SSSR count). The molecule has 3 aromatic carbocycles. The lowest BCUT2D eigenvalue weighted by Crippen LogP contribution is -2.30. The zero-order chi connectivity index (χ0) is 21.8. The van der Waals surface area contributed by atoms with Gasteiger partial charge in [0.05, 0.1) is 18.1 Å². The summed E-state index contributed by atoms with van der Waals surface area (Å²) in [5.41, 5.74) is 0.470. The van der Waals surface area contributed by atoms with Crippen molar-refractivity contribution in [2.75, 3.05) is 13.2 Å². The first-order valence-electron chi connectivity index (χ1n) is 9.45. The van der Waals surface area contributed by atoms with Crippen LogP contribution in [0.2, 0.25) is 5.02 Å². The molecule has 0 amide bonds. The lowest BCUT2D eigenvalue weighted by atomic mass is 10.1. The Morgan fingerprint density at radius 2 is 1.53 bits per heavy atom. The fourth-order valence-electron chi connectivity index (χ4n) is 3.19. The first-order chi connectivity index (χ1) is 14.3. The fourth-order valence-corrected chi connectivity index (χ4v) is 7.41. The molecule has 0 aliphatic heterocycles. The molecule has 0 bridgehead atoms. The van der Waals surface area contributed by atoms with Crippen LogP contribution in [0.3, 0.4) is 0 Å². The highest BCUT2D eigenvalue weighted by molar-refractivity contribution is 7.90. The van der Waals surface area contributed by atoms with Crippen LogP contribution in [0, 0.1) is 0 Å². The molecule has 0 aliphatic rings. The monoisotopic (exact) mass is 467 g/mol. The van der Waals surface area contributed by atoms with Gasteiger partial charge in [-0.25, -0.2) is 8.42 Å². The molecule has 1 atom stereocenters. The number of benzene rings is 3. The summed E-state index contributed by atoms with van der Waals surface area (Å²) in [5, 5.41) is 1.38. The second-order valence-electron chi connectivity index (χ2n) is 6.40. The fraction of sp³-hybridized carbons (Fsp3) is 0.238. The molecule has 3 aromatic rings. The minimum absolute atomic E-state index is 0.00826. The Balaban J connectivity index is 2.14. The van der Waals surface area contributed by atoms with Gasteiger partial charge in [0.25, 0.3) is 0 Å². The summed E-state index contributed by atoms with van der Waals surface area (Å²) >= 11 is 6.31. The van der Waals surface area contributed by atoms with Gasteiger partial charge in [-0.1, -0.05) is 66.2 Å². The van der Waals surface area contributed by atoms with Gasteiger partial charge in [-0.2, -0.15) is 4.72 Å². The normalized spacial score (nSPS) is 13.4. The largest absolute Gasteiger partial charge is 0.352 e. The van der Waals surface area contributed by atoms with Crippen molar-refractivity contribution >= 4 is 40.0 Å². The van der Waals surface area contributed by atoms with E-state index >= 15 is 0 Å². The van der Waals surface area contributed by atoms with Crippen LogP contribution in [0.15, 0.2) is 71.6 Å². The van der Waals surface area contributed by atoms with E-state index in [0.717, 1.165) is 0 Å². The summed E-state index contributed by atoms with van der Waals surface area (Å²) in [4.78, 5) is -0.00826. The van der Waals surface area contributed by atoms with Crippen molar-refractivity contribution in [3.05, 3.63) is 77.3 Å². The van der Waals surface area contributed by atoms with Crippen LogP contribution in [0.1, 0.15) is 25.2 Å². The summed E-state index contributed by atoms with van der Waals surface area (Å²) in [6.45, 7) is 3.55. The van der Waals surface area contributed by atoms with E-state index in [9.17, 15) is 13.0 Å². The van der Waals surface area contributed by atoms with Gasteiger partial charge in [0.15, 0.2) is 0 Å². The van der Waals surface area contributed by atoms with E-state index in [2.05, 4.69) is 4.72 Å². The van der Waals surface area contributed by atoms with Crippen LogP contribution in [0.25, 0.3) is 10.8 Å². The average Bonchev–Trinajstić information content (AvgIpc) is 2.73. The average molecular weight is 468 g/mol. The maximum absolute atomic E-state index is 13.6. The van der Waals surface area contributed by atoms with Gasteiger partial charge in [0.1, 0.15) is 5.78 Å². The summed E-state index contributed by atoms with van der Waals surface area (Å²) in [6, 6.07) is 18.6. The highest BCUT2D eigenvalue weighted by Crippen LogP contribution is 2.60. The van der Waals surface area contributed by atoms with Gasteiger partial charge in [-0.3, -0.25) is 4.57 Å². The van der Waals surface area contributed by atoms with Crippen LogP contribution >= 0.6 is 19.2 Å². The molecule has 0 saturated heterocycles. The molecule has 0 aromatic heterocycles. The van der Waals surface area contributed by atoms with Crippen molar-refractivity contribution < 1.29 is 22.0 Å². The van der Waals surface area contributed by atoms with Gasteiger partial charge in [0, 0.05) is 10.4 Å². The Morgan fingerprint density at radius 1 is 0.933 bits per heavy atom. The molecule has 1 unspecified atom stereocenters. The second-order valence-corrected chi connectivity index (χ2v) is 10.6. The maximum atomic E-state index is 13.6. The number of nitrogens with one attached hydrogen (secondary N) is 1. The van der Waals surface area contributed by atoms with Crippen molar-refractivity contribution in [1.29, 1.82) is 0 Å². The highest BCUT2D eigenvalue weighted by Gasteiger charge is 2.40. The van der Waals surface area contributed by atoms with Gasteiger partial charge in [0.2, 0.25) is 10.0 Å². The van der Waals surface area contributed by atoms with Gasteiger partial charge >= 0.3 is 7.60 Å². The molecule has 1 N–H and O–H groups in total. The summed E-state index contributed by atoms with van der Waals surface area (Å²) in [7, 11) is -8.01. The zero-order valence-electron chi connectivity index (χ0n) is 16.6. The van der Waals surface area contributed by atoms with Gasteiger partial charge < -0.3 is 9.05 Å². The topological polar surface area (TPSA) is 81.7 Å². The Hall–Kier alpha value is -1.73. The quantitative estimate of drug-likeness (QED) is 0.406. The number of sulfonamides is 1. The van der Waals surface area contributed by atoms with E-state index in [4.69, 9.17) is 20.6 Å². The third-order valence-corrected chi connectivity index (χ3v) is 8.67. The third-order valence-electron chi connectivity index (χ3n) is 4.42. The van der Waals surface area contributed by atoms with Crippen LogP contribution in [-0.4, -0.2) is 21.6 Å². The molecule has 9 heteroatoms.